The zero-order chi connectivity index (χ0) is 30.1. The summed E-state index contributed by atoms with van der Waals surface area (Å²) in [5.74, 6) is 1.15. The number of nitrogens with one attached hydrogen (secondary N) is 1. The number of piperidine rings is 1. The van der Waals surface area contributed by atoms with E-state index in [0.29, 0.717) is 43.4 Å². The Labute approximate surface area is 263 Å². The van der Waals surface area contributed by atoms with Gasteiger partial charge in [0, 0.05) is 63.0 Å². The van der Waals surface area contributed by atoms with Crippen LogP contribution in [0.25, 0.3) is 0 Å². The van der Waals surface area contributed by atoms with Gasteiger partial charge in [-0.05, 0) is 69.7 Å². The number of sulfonamides is 1. The van der Waals surface area contributed by atoms with Crippen LogP contribution in [0, 0.1) is 0 Å². The maximum atomic E-state index is 13.8. The van der Waals surface area contributed by atoms with Gasteiger partial charge in [0.05, 0.1) is 19.5 Å². The SMILES string of the molecule is COCCCOc1cc(C(=O)N(C(C)C)[C@@H]2CC[C@H](CCN(C3CC3)S(=O)(=O)Cc3ccccc3)NC2)ccc1OC.Cl. The second-order valence-corrected chi connectivity index (χ2v) is 13.5. The minimum Gasteiger partial charge on any atom is -0.493 e. The highest BCUT2D eigenvalue weighted by molar-refractivity contribution is 7.88. The summed E-state index contributed by atoms with van der Waals surface area (Å²) in [6, 6.07) is 15.2. The number of nitrogens with zero attached hydrogens (tertiary/aromatic N) is 2. The summed E-state index contributed by atoms with van der Waals surface area (Å²) in [6.45, 7) is 6.34. The van der Waals surface area contributed by atoms with Gasteiger partial charge >= 0.3 is 0 Å². The van der Waals surface area contributed by atoms with Crippen LogP contribution in [-0.4, -0.2) is 88.2 Å². The number of methoxy groups -OCH3 is 2. The summed E-state index contributed by atoms with van der Waals surface area (Å²) in [6.07, 6.45) is 5.11. The molecule has 2 fully saturated rings. The maximum Gasteiger partial charge on any atom is 0.254 e. The molecule has 2 aliphatic rings. The molecule has 9 nitrogen and oxygen atoms in total. The van der Waals surface area contributed by atoms with Crippen molar-refractivity contribution in [2.24, 2.45) is 0 Å². The lowest BCUT2D eigenvalue weighted by Crippen LogP contribution is -2.54. The van der Waals surface area contributed by atoms with Crippen molar-refractivity contribution in [3.8, 4) is 11.5 Å². The molecule has 2 aromatic rings. The van der Waals surface area contributed by atoms with Crippen LogP contribution in [0.2, 0.25) is 0 Å². The normalized spacial score (nSPS) is 18.7. The number of benzene rings is 2. The van der Waals surface area contributed by atoms with Crippen molar-refractivity contribution in [2.75, 3.05) is 40.5 Å². The maximum absolute atomic E-state index is 13.8. The Bertz CT molecular complexity index is 1250. The molecule has 1 amide bonds. The number of hydrogen-bond acceptors (Lipinski definition) is 7. The molecule has 1 aliphatic heterocycles. The number of hydrogen-bond donors (Lipinski definition) is 1. The molecular formula is C32H48ClN3O6S. The standard InChI is InChI=1S/C32H47N3O6S.ClH/c1-24(2)35(32(36)26-11-16-30(40-4)31(21-26)41-20-8-19-39-3)29-13-12-27(33-22-29)17-18-34(28-14-15-28)42(37,38)23-25-9-6-5-7-10-25;/h5-7,9-11,16,21,24,27-29,33H,8,12-15,17-20,22-23H2,1-4H3;1H/t27-,29-;/m1./s1. The van der Waals surface area contributed by atoms with Crippen LogP contribution in [0.3, 0.4) is 0 Å². The van der Waals surface area contributed by atoms with E-state index in [1.807, 2.05) is 49.1 Å². The van der Waals surface area contributed by atoms with Crippen LogP contribution in [0.5, 0.6) is 11.5 Å². The third-order valence-electron chi connectivity index (χ3n) is 8.04. The first-order valence-corrected chi connectivity index (χ1v) is 16.7. The van der Waals surface area contributed by atoms with Gasteiger partial charge in [0.15, 0.2) is 11.5 Å². The van der Waals surface area contributed by atoms with E-state index in [4.69, 9.17) is 14.2 Å². The van der Waals surface area contributed by atoms with Crippen LogP contribution in [-0.2, 0) is 20.5 Å². The molecule has 43 heavy (non-hydrogen) atoms. The van der Waals surface area contributed by atoms with E-state index in [9.17, 15) is 13.2 Å². The molecule has 0 radical (unpaired) electrons. The number of carbonyl (C=O) groups excluding carboxylic acids is 1. The van der Waals surface area contributed by atoms with Crippen LogP contribution in [0.1, 0.15) is 68.3 Å². The van der Waals surface area contributed by atoms with Gasteiger partial charge in [0.2, 0.25) is 10.0 Å². The zero-order valence-electron chi connectivity index (χ0n) is 25.9. The molecule has 1 aliphatic carbocycles. The van der Waals surface area contributed by atoms with Gasteiger partial charge in [-0.25, -0.2) is 8.42 Å². The Hall–Kier alpha value is -2.37. The summed E-state index contributed by atoms with van der Waals surface area (Å²) < 4.78 is 44.7. The molecule has 4 rings (SSSR count). The second kappa shape index (κ2) is 16.6. The van der Waals surface area contributed by atoms with Gasteiger partial charge in [-0.1, -0.05) is 30.3 Å². The fraction of sp³-hybridized carbons (Fsp3) is 0.594. The summed E-state index contributed by atoms with van der Waals surface area (Å²) >= 11 is 0. The molecule has 0 unspecified atom stereocenters. The summed E-state index contributed by atoms with van der Waals surface area (Å²) in [7, 11) is -0.136. The fourth-order valence-corrected chi connectivity index (χ4v) is 7.55. The third-order valence-corrected chi connectivity index (χ3v) is 9.93. The average molecular weight is 638 g/mol. The third kappa shape index (κ3) is 9.81. The number of halogens is 1. The van der Waals surface area contributed by atoms with Gasteiger partial charge in [-0.2, -0.15) is 4.31 Å². The summed E-state index contributed by atoms with van der Waals surface area (Å²) in [5.41, 5.74) is 1.39. The first-order valence-electron chi connectivity index (χ1n) is 15.1. The van der Waals surface area contributed by atoms with Crippen LogP contribution < -0.4 is 14.8 Å². The first-order chi connectivity index (χ1) is 20.2. The smallest absolute Gasteiger partial charge is 0.254 e. The zero-order valence-corrected chi connectivity index (χ0v) is 27.5. The summed E-state index contributed by atoms with van der Waals surface area (Å²) in [5, 5.41) is 3.62. The van der Waals surface area contributed by atoms with Gasteiger partial charge in [-0.3, -0.25) is 4.79 Å². The van der Waals surface area contributed by atoms with Crippen molar-refractivity contribution in [1.29, 1.82) is 0 Å². The van der Waals surface area contributed by atoms with Crippen LogP contribution in [0.4, 0.5) is 0 Å². The van der Waals surface area contributed by atoms with Crippen molar-refractivity contribution in [2.45, 2.75) is 82.3 Å². The Morgan fingerprint density at radius 2 is 1.70 bits per heavy atom. The monoisotopic (exact) mass is 637 g/mol. The molecule has 0 bridgehead atoms. The quantitative estimate of drug-likeness (QED) is 0.262. The van der Waals surface area contributed by atoms with E-state index < -0.39 is 10.0 Å². The largest absolute Gasteiger partial charge is 0.493 e. The van der Waals surface area contributed by atoms with Crippen molar-refractivity contribution in [3.05, 3.63) is 59.7 Å². The first kappa shape index (κ1) is 35.1. The molecular weight excluding hydrogens is 590 g/mol. The van der Waals surface area contributed by atoms with Crippen molar-refractivity contribution < 1.29 is 27.4 Å². The minimum absolute atomic E-state index is 0. The highest BCUT2D eigenvalue weighted by atomic mass is 35.5. The lowest BCUT2D eigenvalue weighted by Gasteiger charge is -2.40. The van der Waals surface area contributed by atoms with E-state index in [1.165, 1.54) is 0 Å². The predicted molar refractivity (Wildman–Crippen MR) is 172 cm³/mol. The van der Waals surface area contributed by atoms with Gasteiger partial charge < -0.3 is 24.4 Å². The van der Waals surface area contributed by atoms with Crippen molar-refractivity contribution >= 4 is 28.3 Å². The minimum atomic E-state index is -3.38. The lowest BCUT2D eigenvalue weighted by molar-refractivity contribution is 0.0551. The Morgan fingerprint density at radius 1 is 0.977 bits per heavy atom. The second-order valence-electron chi connectivity index (χ2n) is 11.6. The van der Waals surface area contributed by atoms with E-state index in [0.717, 1.165) is 44.1 Å². The molecule has 1 heterocycles. The molecule has 1 N–H and O–H groups in total. The van der Waals surface area contributed by atoms with E-state index in [2.05, 4.69) is 5.32 Å². The fourth-order valence-electron chi connectivity index (χ4n) is 5.73. The Kier molecular flexibility index (Phi) is 13.6. The molecule has 1 saturated heterocycles. The van der Waals surface area contributed by atoms with Crippen LogP contribution in [0.15, 0.2) is 48.5 Å². The molecule has 2 aromatic carbocycles. The number of rotatable bonds is 16. The lowest BCUT2D eigenvalue weighted by atomic mass is 9.95. The average Bonchev–Trinajstić information content (AvgIpc) is 3.81. The molecule has 0 aromatic heterocycles. The Morgan fingerprint density at radius 3 is 2.30 bits per heavy atom. The number of carbonyl (C=O) groups is 1. The van der Waals surface area contributed by atoms with Crippen molar-refractivity contribution in [3.63, 3.8) is 0 Å². The van der Waals surface area contributed by atoms with E-state index in [-0.39, 0.29) is 48.2 Å². The van der Waals surface area contributed by atoms with Gasteiger partial charge in [0.1, 0.15) is 0 Å². The van der Waals surface area contributed by atoms with E-state index in [1.54, 1.807) is 36.7 Å². The molecule has 240 valence electrons. The highest BCUT2D eigenvalue weighted by Gasteiger charge is 2.38. The number of amides is 1. The van der Waals surface area contributed by atoms with Gasteiger partial charge in [0.25, 0.3) is 5.91 Å². The van der Waals surface area contributed by atoms with E-state index >= 15 is 0 Å². The van der Waals surface area contributed by atoms with Gasteiger partial charge in [-0.15, -0.1) is 12.4 Å². The highest BCUT2D eigenvalue weighted by Crippen LogP contribution is 2.32. The van der Waals surface area contributed by atoms with Crippen molar-refractivity contribution in [1.82, 2.24) is 14.5 Å². The Balaban J connectivity index is 0.00000506. The molecule has 0 spiro atoms. The summed E-state index contributed by atoms with van der Waals surface area (Å²) in [4.78, 5) is 15.7. The molecule has 2 atom stereocenters. The number of ether oxygens (including phenoxy) is 3. The topological polar surface area (TPSA) is 97.4 Å². The molecule has 11 heteroatoms. The van der Waals surface area contributed by atoms with Crippen LogP contribution >= 0.6 is 12.4 Å². The predicted octanol–water partition coefficient (Wildman–Crippen LogP) is 4.89. The molecule has 1 saturated carbocycles.